The molecule has 134 valence electrons. The van der Waals surface area contributed by atoms with Gasteiger partial charge in [-0.05, 0) is 51.7 Å². The van der Waals surface area contributed by atoms with Gasteiger partial charge in [-0.2, -0.15) is 0 Å². The Morgan fingerprint density at radius 1 is 1.42 bits per heavy atom. The van der Waals surface area contributed by atoms with Crippen LogP contribution in [0.1, 0.15) is 50.8 Å². The molecular weight excluding hydrogens is 308 g/mol. The second-order valence-electron chi connectivity index (χ2n) is 7.21. The average molecular weight is 336 g/mol. The van der Waals surface area contributed by atoms with E-state index in [-0.39, 0.29) is 6.61 Å². The molecule has 2 heterocycles. The maximum Gasteiger partial charge on any atom is 0.407 e. The number of carbonyl (C=O) groups is 1. The Balaban J connectivity index is 1.89. The number of hydrogen-bond donors (Lipinski definition) is 2. The fraction of sp³-hybridized carbons (Fsp3) is 0.667. The minimum atomic E-state index is -0.559. The molecule has 0 radical (unpaired) electrons. The van der Waals surface area contributed by atoms with Crippen LogP contribution in [0.5, 0.6) is 0 Å². The van der Waals surface area contributed by atoms with Crippen LogP contribution in [0.4, 0.5) is 4.79 Å². The van der Waals surface area contributed by atoms with Gasteiger partial charge in [0.2, 0.25) is 0 Å². The van der Waals surface area contributed by atoms with Crippen molar-refractivity contribution in [3.05, 3.63) is 29.6 Å². The predicted octanol–water partition coefficient (Wildman–Crippen LogP) is 2.40. The van der Waals surface area contributed by atoms with Crippen molar-refractivity contribution in [1.29, 1.82) is 0 Å². The molecule has 24 heavy (non-hydrogen) atoms. The highest BCUT2D eigenvalue weighted by Crippen LogP contribution is 2.25. The number of rotatable bonds is 5. The molecule has 2 rings (SSSR count). The molecule has 1 aromatic heterocycles. The number of alkyl carbamates (subject to hydrolysis) is 1. The Hall–Kier alpha value is -1.66. The SMILES string of the molecule is CC(C)(C)OC(=O)NC(CO)Cc1ccc(C2CCOCC2)nc1. The maximum atomic E-state index is 11.8. The van der Waals surface area contributed by atoms with Gasteiger partial charge in [-0.3, -0.25) is 4.98 Å². The second kappa shape index (κ2) is 8.44. The van der Waals surface area contributed by atoms with E-state index in [0.29, 0.717) is 12.3 Å². The normalized spacial score (nSPS) is 17.3. The molecule has 0 aliphatic carbocycles. The lowest BCUT2D eigenvalue weighted by atomic mass is 9.95. The summed E-state index contributed by atoms with van der Waals surface area (Å²) in [6.07, 6.45) is 3.83. The van der Waals surface area contributed by atoms with Crippen molar-refractivity contribution in [2.45, 2.75) is 57.6 Å². The van der Waals surface area contributed by atoms with Crippen LogP contribution in [0.15, 0.2) is 18.3 Å². The van der Waals surface area contributed by atoms with E-state index in [4.69, 9.17) is 9.47 Å². The number of ether oxygens (including phenoxy) is 2. The topological polar surface area (TPSA) is 80.7 Å². The van der Waals surface area contributed by atoms with Crippen molar-refractivity contribution in [1.82, 2.24) is 10.3 Å². The van der Waals surface area contributed by atoms with Crippen LogP contribution in [-0.4, -0.2) is 47.6 Å². The molecule has 1 aliphatic rings. The first kappa shape index (κ1) is 18.7. The fourth-order valence-corrected chi connectivity index (χ4v) is 2.71. The molecule has 0 saturated carbocycles. The summed E-state index contributed by atoms with van der Waals surface area (Å²) in [6.45, 7) is 6.85. The molecule has 1 aromatic rings. The van der Waals surface area contributed by atoms with Gasteiger partial charge in [0.05, 0.1) is 12.6 Å². The van der Waals surface area contributed by atoms with Gasteiger partial charge in [0.25, 0.3) is 0 Å². The van der Waals surface area contributed by atoms with Gasteiger partial charge in [0.15, 0.2) is 0 Å². The zero-order chi connectivity index (χ0) is 17.6. The summed E-state index contributed by atoms with van der Waals surface area (Å²) in [5.74, 6) is 0.460. The number of aromatic nitrogens is 1. The van der Waals surface area contributed by atoms with E-state index in [2.05, 4.69) is 10.3 Å². The Bertz CT molecular complexity index is 519. The van der Waals surface area contributed by atoms with Crippen molar-refractivity contribution in [3.63, 3.8) is 0 Å². The first-order valence-electron chi connectivity index (χ1n) is 8.50. The Labute approximate surface area is 143 Å². The molecule has 0 bridgehead atoms. The third kappa shape index (κ3) is 6.09. The lowest BCUT2D eigenvalue weighted by Crippen LogP contribution is -2.42. The number of aliphatic hydroxyl groups excluding tert-OH is 1. The molecule has 0 aromatic carbocycles. The number of hydrogen-bond acceptors (Lipinski definition) is 5. The summed E-state index contributed by atoms with van der Waals surface area (Å²) in [4.78, 5) is 16.4. The molecule has 1 aliphatic heterocycles. The molecule has 1 unspecified atom stereocenters. The minimum absolute atomic E-state index is 0.152. The van der Waals surface area contributed by atoms with E-state index >= 15 is 0 Å². The molecule has 6 nitrogen and oxygen atoms in total. The van der Waals surface area contributed by atoms with E-state index in [1.165, 1.54) is 0 Å². The van der Waals surface area contributed by atoms with E-state index in [1.54, 1.807) is 20.8 Å². The van der Waals surface area contributed by atoms with Crippen molar-refractivity contribution < 1.29 is 19.4 Å². The molecule has 2 N–H and O–H groups in total. The van der Waals surface area contributed by atoms with Gasteiger partial charge < -0.3 is 19.9 Å². The van der Waals surface area contributed by atoms with Crippen LogP contribution in [-0.2, 0) is 15.9 Å². The van der Waals surface area contributed by atoms with Gasteiger partial charge in [-0.25, -0.2) is 4.79 Å². The second-order valence-corrected chi connectivity index (χ2v) is 7.21. The number of nitrogens with one attached hydrogen (secondary N) is 1. The summed E-state index contributed by atoms with van der Waals surface area (Å²) in [5.41, 5.74) is 1.50. The molecular formula is C18H28N2O4. The summed E-state index contributed by atoms with van der Waals surface area (Å²) >= 11 is 0. The van der Waals surface area contributed by atoms with E-state index < -0.39 is 17.7 Å². The van der Waals surface area contributed by atoms with Gasteiger partial charge in [0, 0.05) is 31.0 Å². The van der Waals surface area contributed by atoms with E-state index in [0.717, 1.165) is 37.3 Å². The Kier molecular flexibility index (Phi) is 6.57. The predicted molar refractivity (Wildman–Crippen MR) is 91.0 cm³/mol. The number of carbonyl (C=O) groups excluding carboxylic acids is 1. The largest absolute Gasteiger partial charge is 0.444 e. The van der Waals surface area contributed by atoms with Crippen molar-refractivity contribution in [3.8, 4) is 0 Å². The zero-order valence-corrected chi connectivity index (χ0v) is 14.7. The minimum Gasteiger partial charge on any atom is -0.444 e. The molecule has 1 saturated heterocycles. The van der Waals surface area contributed by atoms with Gasteiger partial charge in [0.1, 0.15) is 5.60 Å². The third-order valence-electron chi connectivity index (χ3n) is 3.91. The van der Waals surface area contributed by atoms with Crippen LogP contribution in [0.2, 0.25) is 0 Å². The number of pyridine rings is 1. The van der Waals surface area contributed by atoms with Gasteiger partial charge in [-0.1, -0.05) is 6.07 Å². The zero-order valence-electron chi connectivity index (χ0n) is 14.7. The quantitative estimate of drug-likeness (QED) is 0.863. The first-order chi connectivity index (χ1) is 11.4. The molecule has 1 fully saturated rings. The number of nitrogens with zero attached hydrogens (tertiary/aromatic N) is 1. The summed E-state index contributed by atoms with van der Waals surface area (Å²) in [5, 5.41) is 12.2. The highest BCUT2D eigenvalue weighted by molar-refractivity contribution is 5.68. The summed E-state index contributed by atoms with van der Waals surface area (Å²) in [7, 11) is 0. The maximum absolute atomic E-state index is 11.8. The molecule has 6 heteroatoms. The smallest absolute Gasteiger partial charge is 0.407 e. The lowest BCUT2D eigenvalue weighted by molar-refractivity contribution is 0.0483. The third-order valence-corrected chi connectivity index (χ3v) is 3.91. The van der Waals surface area contributed by atoms with Crippen LogP contribution in [0, 0.1) is 0 Å². The monoisotopic (exact) mass is 336 g/mol. The highest BCUT2D eigenvalue weighted by atomic mass is 16.6. The van der Waals surface area contributed by atoms with Gasteiger partial charge in [-0.15, -0.1) is 0 Å². The number of aliphatic hydroxyl groups is 1. The molecule has 1 amide bonds. The van der Waals surface area contributed by atoms with Crippen LogP contribution in [0.3, 0.4) is 0 Å². The fourth-order valence-electron chi connectivity index (χ4n) is 2.71. The van der Waals surface area contributed by atoms with Crippen molar-refractivity contribution in [2.24, 2.45) is 0 Å². The lowest BCUT2D eigenvalue weighted by Gasteiger charge is -2.23. The van der Waals surface area contributed by atoms with Crippen molar-refractivity contribution in [2.75, 3.05) is 19.8 Å². The van der Waals surface area contributed by atoms with Crippen LogP contribution < -0.4 is 5.32 Å². The number of amides is 1. The standard InChI is InChI=1S/C18H28N2O4/c1-18(2,3)24-17(22)20-15(12-21)10-13-4-5-16(19-11-13)14-6-8-23-9-7-14/h4-5,11,14-15,21H,6-10,12H2,1-3H3,(H,20,22). The molecule has 1 atom stereocenters. The van der Waals surface area contributed by atoms with E-state index in [9.17, 15) is 9.90 Å². The van der Waals surface area contributed by atoms with Crippen molar-refractivity contribution >= 4 is 6.09 Å². The molecule has 0 spiro atoms. The summed E-state index contributed by atoms with van der Waals surface area (Å²) in [6, 6.07) is 3.65. The Morgan fingerprint density at radius 2 is 2.12 bits per heavy atom. The first-order valence-corrected chi connectivity index (χ1v) is 8.50. The average Bonchev–Trinajstić information content (AvgIpc) is 2.54. The summed E-state index contributed by atoms with van der Waals surface area (Å²) < 4.78 is 10.6. The Morgan fingerprint density at radius 3 is 2.67 bits per heavy atom. The highest BCUT2D eigenvalue weighted by Gasteiger charge is 2.20. The van der Waals surface area contributed by atoms with Crippen LogP contribution >= 0.6 is 0 Å². The van der Waals surface area contributed by atoms with Gasteiger partial charge >= 0.3 is 6.09 Å². The van der Waals surface area contributed by atoms with E-state index in [1.807, 2.05) is 18.3 Å². The van der Waals surface area contributed by atoms with Crippen LogP contribution in [0.25, 0.3) is 0 Å².